The lowest BCUT2D eigenvalue weighted by atomic mass is 9.94. The highest BCUT2D eigenvalue weighted by molar-refractivity contribution is 7.11. The molecule has 0 atom stereocenters. The monoisotopic (exact) mass is 442 g/mol. The van der Waals surface area contributed by atoms with Crippen molar-refractivity contribution in [2.24, 2.45) is 5.92 Å². The zero-order valence-electron chi connectivity index (χ0n) is 19.2. The number of aromatic nitrogens is 1. The molecule has 168 valence electrons. The van der Waals surface area contributed by atoms with Crippen molar-refractivity contribution in [3.8, 4) is 0 Å². The number of nitrogens with zero attached hydrogens (tertiary/aromatic N) is 2. The Labute approximate surface area is 189 Å². The van der Waals surface area contributed by atoms with E-state index in [2.05, 4.69) is 26.6 Å². The van der Waals surface area contributed by atoms with Crippen molar-refractivity contribution in [2.45, 2.75) is 66.0 Å². The van der Waals surface area contributed by atoms with E-state index in [1.807, 2.05) is 52.8 Å². The fourth-order valence-corrected chi connectivity index (χ4v) is 4.85. The molecule has 6 nitrogen and oxygen atoms in total. The second kappa shape index (κ2) is 9.92. The maximum atomic E-state index is 12.5. The zero-order valence-corrected chi connectivity index (χ0v) is 20.1. The molecule has 31 heavy (non-hydrogen) atoms. The number of amides is 2. The first-order chi connectivity index (χ1) is 14.6. The Morgan fingerprint density at radius 3 is 2.52 bits per heavy atom. The van der Waals surface area contributed by atoms with Gasteiger partial charge in [0.2, 0.25) is 11.8 Å². The van der Waals surface area contributed by atoms with E-state index in [1.54, 1.807) is 11.3 Å². The van der Waals surface area contributed by atoms with E-state index in [0.29, 0.717) is 6.42 Å². The molecule has 0 unspecified atom stereocenters. The second-order valence-electron chi connectivity index (χ2n) is 9.46. The highest BCUT2D eigenvalue weighted by Gasteiger charge is 2.27. The zero-order chi connectivity index (χ0) is 22.6. The third kappa shape index (κ3) is 7.14. The number of aryl methyl sites for hydroxylation is 2. The van der Waals surface area contributed by atoms with Crippen molar-refractivity contribution in [1.29, 1.82) is 0 Å². The fourth-order valence-electron chi connectivity index (χ4n) is 3.92. The van der Waals surface area contributed by atoms with Gasteiger partial charge >= 0.3 is 0 Å². The van der Waals surface area contributed by atoms with Gasteiger partial charge in [0.15, 0.2) is 0 Å². The molecule has 3 rings (SSSR count). The Morgan fingerprint density at radius 2 is 1.90 bits per heavy atom. The van der Waals surface area contributed by atoms with Crippen LogP contribution in [0.15, 0.2) is 24.3 Å². The average molecular weight is 443 g/mol. The number of anilines is 1. The normalized spacial score (nSPS) is 15.6. The smallest absolute Gasteiger partial charge is 0.229 e. The van der Waals surface area contributed by atoms with Crippen molar-refractivity contribution in [3.05, 3.63) is 45.4 Å². The van der Waals surface area contributed by atoms with Gasteiger partial charge in [-0.2, -0.15) is 0 Å². The van der Waals surface area contributed by atoms with Crippen LogP contribution >= 0.6 is 11.3 Å². The van der Waals surface area contributed by atoms with Gasteiger partial charge in [0.25, 0.3) is 0 Å². The summed E-state index contributed by atoms with van der Waals surface area (Å²) in [7, 11) is 0. The van der Waals surface area contributed by atoms with Crippen LogP contribution < -0.4 is 10.6 Å². The maximum Gasteiger partial charge on any atom is 0.229 e. The van der Waals surface area contributed by atoms with Crippen LogP contribution in [0, 0.1) is 19.8 Å². The van der Waals surface area contributed by atoms with Crippen LogP contribution in [0.2, 0.25) is 0 Å². The highest BCUT2D eigenvalue weighted by Crippen LogP contribution is 2.22. The van der Waals surface area contributed by atoms with Gasteiger partial charge < -0.3 is 10.6 Å². The van der Waals surface area contributed by atoms with Gasteiger partial charge in [-0.15, -0.1) is 11.3 Å². The molecule has 7 heteroatoms. The molecule has 1 aliphatic rings. The molecule has 1 aromatic carbocycles. The number of likely N-dealkylation sites (tertiary alicyclic amines) is 1. The summed E-state index contributed by atoms with van der Waals surface area (Å²) in [5, 5.41) is 7.10. The Hall–Kier alpha value is -2.25. The van der Waals surface area contributed by atoms with Crippen LogP contribution in [0.4, 0.5) is 5.69 Å². The number of hydrogen-bond donors (Lipinski definition) is 2. The minimum Gasteiger partial charge on any atom is -0.351 e. The van der Waals surface area contributed by atoms with Crippen LogP contribution in [0.3, 0.4) is 0 Å². The molecule has 1 aliphatic heterocycles. The predicted octanol–water partition coefficient (Wildman–Crippen LogP) is 4.07. The minimum atomic E-state index is -0.184. The van der Waals surface area contributed by atoms with Gasteiger partial charge in [-0.3, -0.25) is 14.5 Å². The summed E-state index contributed by atoms with van der Waals surface area (Å²) in [5.41, 5.74) is 2.74. The summed E-state index contributed by atoms with van der Waals surface area (Å²) in [5.74, 6) is 0.248. The first-order valence-electron chi connectivity index (χ1n) is 10.9. The Balaban J connectivity index is 1.50. The molecule has 0 aliphatic carbocycles. The maximum absolute atomic E-state index is 12.5. The Bertz CT molecular complexity index is 924. The van der Waals surface area contributed by atoms with E-state index in [1.165, 1.54) is 5.56 Å². The van der Waals surface area contributed by atoms with Gasteiger partial charge in [-0.05, 0) is 78.2 Å². The summed E-state index contributed by atoms with van der Waals surface area (Å²) >= 11 is 1.58. The summed E-state index contributed by atoms with van der Waals surface area (Å²) < 4.78 is 0. The molecule has 1 aromatic heterocycles. The van der Waals surface area contributed by atoms with E-state index in [-0.39, 0.29) is 23.3 Å². The number of piperidine rings is 1. The summed E-state index contributed by atoms with van der Waals surface area (Å²) in [6, 6.07) is 8.04. The molecule has 0 spiro atoms. The summed E-state index contributed by atoms with van der Waals surface area (Å²) in [6.45, 7) is 12.6. The number of hydrogen-bond acceptors (Lipinski definition) is 5. The summed E-state index contributed by atoms with van der Waals surface area (Å²) in [4.78, 5) is 32.7. The van der Waals surface area contributed by atoms with E-state index >= 15 is 0 Å². The van der Waals surface area contributed by atoms with E-state index in [0.717, 1.165) is 53.7 Å². The van der Waals surface area contributed by atoms with Gasteiger partial charge in [0.1, 0.15) is 0 Å². The Morgan fingerprint density at radius 1 is 1.19 bits per heavy atom. The molecule has 2 heterocycles. The molecular weight excluding hydrogens is 408 g/mol. The standard InChI is InChI=1S/C24H34N4O2S/c1-16-21(31-17(2)25-16)14-22(29)26-20-8-6-7-18(13-20)15-28-11-9-19(10-12-28)23(30)27-24(3,4)5/h6-8,13,19H,9-12,14-15H2,1-5H3,(H,26,29)(H,27,30). The number of thiazole rings is 1. The van der Waals surface area contributed by atoms with E-state index in [9.17, 15) is 9.59 Å². The third-order valence-electron chi connectivity index (χ3n) is 5.39. The molecule has 2 amide bonds. The fraction of sp³-hybridized carbons (Fsp3) is 0.542. The van der Waals surface area contributed by atoms with Gasteiger partial charge in [0, 0.05) is 28.6 Å². The van der Waals surface area contributed by atoms with Crippen LogP contribution in [-0.2, 0) is 22.6 Å². The highest BCUT2D eigenvalue weighted by atomic mass is 32.1. The van der Waals surface area contributed by atoms with Crippen molar-refractivity contribution in [2.75, 3.05) is 18.4 Å². The topological polar surface area (TPSA) is 74.3 Å². The predicted molar refractivity (Wildman–Crippen MR) is 126 cm³/mol. The lowest BCUT2D eigenvalue weighted by molar-refractivity contribution is -0.128. The lowest BCUT2D eigenvalue weighted by Gasteiger charge is -2.33. The lowest BCUT2D eigenvalue weighted by Crippen LogP contribution is -2.46. The van der Waals surface area contributed by atoms with Crippen molar-refractivity contribution in [3.63, 3.8) is 0 Å². The molecule has 1 saturated heterocycles. The van der Waals surface area contributed by atoms with Crippen LogP contribution in [-0.4, -0.2) is 40.3 Å². The van der Waals surface area contributed by atoms with Gasteiger partial charge in [-0.25, -0.2) is 4.98 Å². The first-order valence-corrected chi connectivity index (χ1v) is 11.8. The number of carbonyl (C=O) groups excluding carboxylic acids is 2. The first kappa shape index (κ1) is 23.4. The number of carbonyl (C=O) groups is 2. The molecule has 2 N–H and O–H groups in total. The van der Waals surface area contributed by atoms with Crippen LogP contribution in [0.5, 0.6) is 0 Å². The van der Waals surface area contributed by atoms with Crippen LogP contribution in [0.25, 0.3) is 0 Å². The van der Waals surface area contributed by atoms with Gasteiger partial charge in [-0.1, -0.05) is 12.1 Å². The number of rotatable bonds is 6. The van der Waals surface area contributed by atoms with E-state index < -0.39 is 0 Å². The molecule has 0 saturated carbocycles. The van der Waals surface area contributed by atoms with Crippen molar-refractivity contribution < 1.29 is 9.59 Å². The number of benzene rings is 1. The van der Waals surface area contributed by atoms with Gasteiger partial charge in [0.05, 0.1) is 17.1 Å². The Kier molecular flexibility index (Phi) is 7.49. The summed E-state index contributed by atoms with van der Waals surface area (Å²) in [6.07, 6.45) is 2.11. The molecule has 0 bridgehead atoms. The average Bonchev–Trinajstić information content (AvgIpc) is 2.98. The molecule has 2 aromatic rings. The third-order valence-corrected chi connectivity index (χ3v) is 6.47. The minimum absolute atomic E-state index is 0.0189. The van der Waals surface area contributed by atoms with E-state index in [4.69, 9.17) is 0 Å². The van der Waals surface area contributed by atoms with Crippen molar-refractivity contribution >= 4 is 28.8 Å². The largest absolute Gasteiger partial charge is 0.351 e. The SMILES string of the molecule is Cc1nc(C)c(CC(=O)Nc2cccc(CN3CCC(C(=O)NC(C)(C)C)CC3)c2)s1. The second-order valence-corrected chi connectivity index (χ2v) is 10.7. The van der Waals surface area contributed by atoms with Crippen LogP contribution in [0.1, 0.15) is 54.8 Å². The molecule has 0 radical (unpaired) electrons. The number of nitrogens with one attached hydrogen (secondary N) is 2. The quantitative estimate of drug-likeness (QED) is 0.707. The van der Waals surface area contributed by atoms with Crippen molar-refractivity contribution in [1.82, 2.24) is 15.2 Å². The molecular formula is C24H34N4O2S. The molecule has 1 fully saturated rings.